The molecule has 1 amide bonds. The summed E-state index contributed by atoms with van der Waals surface area (Å²) in [5.41, 5.74) is -0.332. The van der Waals surface area contributed by atoms with Crippen molar-refractivity contribution < 1.29 is 4.79 Å². The molecule has 1 saturated carbocycles. The standard InChI is InChI=1S/C12H21N3O/c1-4-5-13-11-14-10(16)12(15-11)6-9(7-12)8(2)3/h8-9H,4-7H2,1-3H3,(H2,13,14,15,16). The van der Waals surface area contributed by atoms with E-state index in [4.69, 9.17) is 0 Å². The lowest BCUT2D eigenvalue weighted by Crippen LogP contribution is -2.58. The highest BCUT2D eigenvalue weighted by molar-refractivity contribution is 6.09. The molecule has 16 heavy (non-hydrogen) atoms. The number of hydrogen-bond donors (Lipinski definition) is 2. The average Bonchev–Trinajstić information content (AvgIpc) is 2.49. The molecule has 2 fully saturated rings. The maximum Gasteiger partial charge on any atom is 0.252 e. The van der Waals surface area contributed by atoms with E-state index >= 15 is 0 Å². The minimum atomic E-state index is -0.332. The van der Waals surface area contributed by atoms with Crippen LogP contribution in [0.1, 0.15) is 40.0 Å². The Balaban J connectivity index is 1.97. The second kappa shape index (κ2) is 4.07. The van der Waals surface area contributed by atoms with Gasteiger partial charge in [0.05, 0.1) is 0 Å². The van der Waals surface area contributed by atoms with Crippen LogP contribution < -0.4 is 10.6 Å². The van der Waals surface area contributed by atoms with Gasteiger partial charge in [-0.05, 0) is 31.1 Å². The number of guanidine groups is 1. The Morgan fingerprint density at radius 2 is 2.19 bits per heavy atom. The van der Waals surface area contributed by atoms with E-state index in [2.05, 4.69) is 36.4 Å². The van der Waals surface area contributed by atoms with E-state index in [1.54, 1.807) is 0 Å². The zero-order valence-electron chi connectivity index (χ0n) is 10.3. The average molecular weight is 223 g/mol. The minimum Gasteiger partial charge on any atom is -0.342 e. The molecule has 2 N–H and O–H groups in total. The lowest BCUT2D eigenvalue weighted by molar-refractivity contribution is -0.129. The molecule has 0 aromatic carbocycles. The van der Waals surface area contributed by atoms with Crippen LogP contribution in [0.4, 0.5) is 0 Å². The van der Waals surface area contributed by atoms with Gasteiger partial charge in [0.15, 0.2) is 5.96 Å². The molecule has 90 valence electrons. The highest BCUT2D eigenvalue weighted by Gasteiger charge is 2.54. The Labute approximate surface area is 96.9 Å². The van der Waals surface area contributed by atoms with Crippen molar-refractivity contribution in [2.75, 3.05) is 6.54 Å². The largest absolute Gasteiger partial charge is 0.342 e. The number of nitrogens with one attached hydrogen (secondary N) is 2. The Kier molecular flexibility index (Phi) is 2.91. The van der Waals surface area contributed by atoms with Crippen LogP contribution >= 0.6 is 0 Å². The normalized spacial score (nSPS) is 35.4. The van der Waals surface area contributed by atoms with Crippen LogP contribution in [0.25, 0.3) is 0 Å². The van der Waals surface area contributed by atoms with Crippen molar-refractivity contribution >= 4 is 11.9 Å². The first kappa shape index (κ1) is 11.4. The van der Waals surface area contributed by atoms with Gasteiger partial charge >= 0.3 is 0 Å². The van der Waals surface area contributed by atoms with Crippen LogP contribution in [-0.4, -0.2) is 24.0 Å². The summed E-state index contributed by atoms with van der Waals surface area (Å²) >= 11 is 0. The van der Waals surface area contributed by atoms with Gasteiger partial charge in [0.2, 0.25) is 0 Å². The summed E-state index contributed by atoms with van der Waals surface area (Å²) in [5.74, 6) is 2.12. The van der Waals surface area contributed by atoms with Gasteiger partial charge in [-0.2, -0.15) is 0 Å². The molecule has 2 aliphatic rings. The zero-order chi connectivity index (χ0) is 11.8. The summed E-state index contributed by atoms with van der Waals surface area (Å²) in [7, 11) is 0. The maximum atomic E-state index is 11.9. The van der Waals surface area contributed by atoms with Crippen molar-refractivity contribution in [2.45, 2.75) is 45.6 Å². The van der Waals surface area contributed by atoms with E-state index in [-0.39, 0.29) is 11.4 Å². The molecule has 4 heteroatoms. The van der Waals surface area contributed by atoms with E-state index in [9.17, 15) is 4.79 Å². The molecule has 0 bridgehead atoms. The molecule has 4 nitrogen and oxygen atoms in total. The van der Waals surface area contributed by atoms with E-state index < -0.39 is 0 Å². The van der Waals surface area contributed by atoms with Crippen LogP contribution in [0.2, 0.25) is 0 Å². The van der Waals surface area contributed by atoms with Crippen LogP contribution in [0.15, 0.2) is 4.99 Å². The van der Waals surface area contributed by atoms with Crippen molar-refractivity contribution in [1.29, 1.82) is 0 Å². The highest BCUT2D eigenvalue weighted by atomic mass is 16.2. The third kappa shape index (κ3) is 1.81. The fourth-order valence-corrected chi connectivity index (χ4v) is 2.44. The molecule has 1 aliphatic carbocycles. The number of rotatable bonds is 3. The quantitative estimate of drug-likeness (QED) is 0.757. The number of aliphatic imine (C=N–C) groups is 1. The Bertz CT molecular complexity index is 316. The van der Waals surface area contributed by atoms with E-state index in [0.717, 1.165) is 25.8 Å². The van der Waals surface area contributed by atoms with Crippen LogP contribution in [0.3, 0.4) is 0 Å². The van der Waals surface area contributed by atoms with Crippen LogP contribution in [-0.2, 0) is 4.79 Å². The molecule has 1 spiro atoms. The van der Waals surface area contributed by atoms with Gasteiger partial charge in [-0.25, -0.2) is 0 Å². The fourth-order valence-electron chi connectivity index (χ4n) is 2.44. The first-order valence-electron chi connectivity index (χ1n) is 6.21. The Hall–Kier alpha value is -1.06. The first-order chi connectivity index (χ1) is 7.57. The van der Waals surface area contributed by atoms with Crippen LogP contribution in [0.5, 0.6) is 0 Å². The van der Waals surface area contributed by atoms with Crippen molar-refractivity contribution in [3.05, 3.63) is 0 Å². The summed E-state index contributed by atoms with van der Waals surface area (Å²) in [5, 5.41) is 6.10. The molecule has 0 atom stereocenters. The van der Waals surface area contributed by atoms with E-state index in [0.29, 0.717) is 17.8 Å². The van der Waals surface area contributed by atoms with Crippen molar-refractivity contribution in [3.63, 3.8) is 0 Å². The fraction of sp³-hybridized carbons (Fsp3) is 0.833. The third-order valence-electron chi connectivity index (χ3n) is 3.68. The SMILES string of the molecule is CCCN=C1NC(=O)C2(CC(C(C)C)C2)N1. The van der Waals surface area contributed by atoms with Crippen molar-refractivity contribution in [3.8, 4) is 0 Å². The minimum absolute atomic E-state index is 0.110. The number of carbonyl (C=O) groups is 1. The van der Waals surface area contributed by atoms with Gasteiger partial charge < -0.3 is 5.32 Å². The lowest BCUT2D eigenvalue weighted by atomic mass is 9.64. The zero-order valence-corrected chi connectivity index (χ0v) is 10.3. The summed E-state index contributed by atoms with van der Waals surface area (Å²) in [6, 6.07) is 0. The first-order valence-corrected chi connectivity index (χ1v) is 6.21. The second-order valence-electron chi connectivity index (χ2n) is 5.30. The molecule has 1 aliphatic heterocycles. The molecule has 0 radical (unpaired) electrons. The maximum absolute atomic E-state index is 11.9. The summed E-state index contributed by atoms with van der Waals surface area (Å²) in [6.07, 6.45) is 2.89. The molecule has 1 saturated heterocycles. The van der Waals surface area contributed by atoms with Gasteiger partial charge in [0.25, 0.3) is 5.91 Å². The van der Waals surface area contributed by atoms with Gasteiger partial charge in [0, 0.05) is 6.54 Å². The molecule has 1 heterocycles. The van der Waals surface area contributed by atoms with E-state index in [1.807, 2.05) is 0 Å². The predicted molar refractivity (Wildman–Crippen MR) is 64.2 cm³/mol. The van der Waals surface area contributed by atoms with Crippen LogP contribution in [0, 0.1) is 11.8 Å². The molecule has 0 unspecified atom stereocenters. The molecule has 0 aromatic rings. The number of nitrogens with zero attached hydrogens (tertiary/aromatic N) is 1. The highest BCUT2D eigenvalue weighted by Crippen LogP contribution is 2.43. The summed E-state index contributed by atoms with van der Waals surface area (Å²) in [6.45, 7) is 7.29. The predicted octanol–water partition coefficient (Wildman–Crippen LogP) is 1.28. The molecular formula is C12H21N3O. The summed E-state index contributed by atoms with van der Waals surface area (Å²) < 4.78 is 0. The van der Waals surface area contributed by atoms with Gasteiger partial charge in [-0.1, -0.05) is 20.8 Å². The third-order valence-corrected chi connectivity index (χ3v) is 3.68. The molecular weight excluding hydrogens is 202 g/mol. The van der Waals surface area contributed by atoms with Crippen molar-refractivity contribution in [1.82, 2.24) is 10.6 Å². The van der Waals surface area contributed by atoms with Crippen molar-refractivity contribution in [2.24, 2.45) is 16.8 Å². The van der Waals surface area contributed by atoms with Gasteiger partial charge in [-0.15, -0.1) is 0 Å². The summed E-state index contributed by atoms with van der Waals surface area (Å²) in [4.78, 5) is 16.2. The smallest absolute Gasteiger partial charge is 0.252 e. The molecule has 0 aromatic heterocycles. The van der Waals surface area contributed by atoms with E-state index in [1.165, 1.54) is 0 Å². The number of amides is 1. The monoisotopic (exact) mass is 223 g/mol. The molecule has 2 rings (SSSR count). The van der Waals surface area contributed by atoms with Gasteiger partial charge in [-0.3, -0.25) is 15.1 Å². The number of carbonyl (C=O) groups excluding carboxylic acids is 1. The Morgan fingerprint density at radius 3 is 2.75 bits per heavy atom. The number of hydrogen-bond acceptors (Lipinski definition) is 2. The lowest BCUT2D eigenvalue weighted by Gasteiger charge is -2.44. The second-order valence-corrected chi connectivity index (χ2v) is 5.30. The topological polar surface area (TPSA) is 53.5 Å². The van der Waals surface area contributed by atoms with Gasteiger partial charge in [0.1, 0.15) is 5.54 Å². The Morgan fingerprint density at radius 1 is 1.50 bits per heavy atom.